The van der Waals surface area contributed by atoms with Gasteiger partial charge in [-0.15, -0.1) is 0 Å². The molecule has 1 aromatic carbocycles. The number of ether oxygens (including phenoxy) is 1. The molecule has 0 aromatic heterocycles. The summed E-state index contributed by atoms with van der Waals surface area (Å²) in [6.45, 7) is 0.234. The van der Waals surface area contributed by atoms with Crippen LogP contribution in [0.3, 0.4) is 0 Å². The molecular weight excluding hydrogens is 347 g/mol. The Hall–Kier alpha value is -2.40. The molecule has 11 heteroatoms. The minimum atomic E-state index is -5.07. The SMILES string of the molecule is CC[N+]1([O-])CCN(C(=O)C(F)(F)F)Cc2cc(OC)c([N+](=O)[O-])cc21. The lowest BCUT2D eigenvalue weighted by Gasteiger charge is -2.41. The first kappa shape index (κ1) is 18.9. The summed E-state index contributed by atoms with van der Waals surface area (Å²) in [4.78, 5) is 22.5. The van der Waals surface area contributed by atoms with E-state index in [1.165, 1.54) is 14.0 Å². The smallest absolute Gasteiger partial charge is 0.471 e. The largest absolute Gasteiger partial charge is 0.627 e. The van der Waals surface area contributed by atoms with Crippen LogP contribution in [-0.4, -0.2) is 48.7 Å². The van der Waals surface area contributed by atoms with Crippen LogP contribution in [0, 0.1) is 15.3 Å². The second-order valence-corrected chi connectivity index (χ2v) is 5.56. The third-order valence-corrected chi connectivity index (χ3v) is 4.15. The van der Waals surface area contributed by atoms with Crippen LogP contribution in [0.1, 0.15) is 12.5 Å². The quantitative estimate of drug-likeness (QED) is 0.355. The molecule has 0 bridgehead atoms. The third kappa shape index (κ3) is 3.51. The molecule has 1 amide bonds. The van der Waals surface area contributed by atoms with Gasteiger partial charge in [0.05, 0.1) is 37.7 Å². The van der Waals surface area contributed by atoms with Crippen molar-refractivity contribution >= 4 is 17.3 Å². The first-order valence-electron chi connectivity index (χ1n) is 7.33. The summed E-state index contributed by atoms with van der Waals surface area (Å²) in [7, 11) is 1.17. The van der Waals surface area contributed by atoms with E-state index < -0.39 is 40.4 Å². The van der Waals surface area contributed by atoms with Gasteiger partial charge in [-0.2, -0.15) is 13.2 Å². The molecule has 0 fully saturated rings. The number of methoxy groups -OCH3 is 1. The topological polar surface area (TPSA) is 95.7 Å². The van der Waals surface area contributed by atoms with E-state index in [4.69, 9.17) is 4.74 Å². The van der Waals surface area contributed by atoms with Crippen LogP contribution in [0.5, 0.6) is 5.75 Å². The highest BCUT2D eigenvalue weighted by molar-refractivity contribution is 5.82. The number of nitro groups is 1. The highest BCUT2D eigenvalue weighted by atomic mass is 19.4. The molecule has 0 aliphatic carbocycles. The van der Waals surface area contributed by atoms with Gasteiger partial charge in [-0.25, -0.2) is 0 Å². The lowest BCUT2D eigenvalue weighted by molar-refractivity contribution is -0.385. The molecule has 0 N–H and O–H groups in total. The molecule has 0 saturated heterocycles. The zero-order valence-corrected chi connectivity index (χ0v) is 13.5. The summed E-state index contributed by atoms with van der Waals surface area (Å²) in [5.41, 5.74) is -0.398. The van der Waals surface area contributed by atoms with Crippen molar-refractivity contribution in [2.45, 2.75) is 19.6 Å². The third-order valence-electron chi connectivity index (χ3n) is 4.15. The van der Waals surface area contributed by atoms with E-state index in [9.17, 15) is 33.3 Å². The predicted molar refractivity (Wildman–Crippen MR) is 81.7 cm³/mol. The highest BCUT2D eigenvalue weighted by Crippen LogP contribution is 2.40. The van der Waals surface area contributed by atoms with Crippen molar-refractivity contribution in [1.29, 1.82) is 0 Å². The number of halogens is 3. The average molecular weight is 363 g/mol. The molecule has 1 unspecified atom stereocenters. The van der Waals surface area contributed by atoms with E-state index in [1.807, 2.05) is 0 Å². The summed E-state index contributed by atoms with van der Waals surface area (Å²) in [6.07, 6.45) is -5.07. The molecule has 0 spiro atoms. The van der Waals surface area contributed by atoms with Crippen molar-refractivity contribution in [2.75, 3.05) is 26.7 Å². The van der Waals surface area contributed by atoms with Crippen LogP contribution in [0.15, 0.2) is 12.1 Å². The maximum atomic E-state index is 13.0. The number of rotatable bonds is 3. The van der Waals surface area contributed by atoms with Gasteiger partial charge < -0.3 is 19.5 Å². The Labute approximate surface area is 140 Å². The van der Waals surface area contributed by atoms with Crippen molar-refractivity contribution in [3.05, 3.63) is 33.0 Å². The molecule has 1 atom stereocenters. The van der Waals surface area contributed by atoms with Gasteiger partial charge >= 0.3 is 17.8 Å². The number of hydrogen-bond donors (Lipinski definition) is 0. The molecule has 1 aliphatic heterocycles. The van der Waals surface area contributed by atoms with Crippen LogP contribution in [0.4, 0.5) is 24.5 Å². The van der Waals surface area contributed by atoms with Crippen molar-refractivity contribution in [1.82, 2.24) is 9.55 Å². The van der Waals surface area contributed by atoms with Crippen LogP contribution in [0.2, 0.25) is 0 Å². The van der Waals surface area contributed by atoms with Gasteiger partial charge in [-0.05, 0) is 13.0 Å². The van der Waals surface area contributed by atoms with E-state index in [0.717, 1.165) is 12.1 Å². The van der Waals surface area contributed by atoms with Gasteiger partial charge in [0.15, 0.2) is 5.75 Å². The number of hydroxylamine groups is 2. The summed E-state index contributed by atoms with van der Waals surface area (Å²) in [6, 6.07) is 2.17. The molecule has 0 saturated carbocycles. The number of nitro benzene ring substituents is 1. The van der Waals surface area contributed by atoms with E-state index in [2.05, 4.69) is 0 Å². The zero-order valence-electron chi connectivity index (χ0n) is 13.5. The maximum Gasteiger partial charge on any atom is 0.471 e. The minimum absolute atomic E-state index is 0.0347. The number of nitrogens with zero attached hydrogens (tertiary/aromatic N) is 3. The van der Waals surface area contributed by atoms with Crippen LogP contribution in [-0.2, 0) is 11.3 Å². The maximum absolute atomic E-state index is 13.0. The van der Waals surface area contributed by atoms with Crippen molar-refractivity contribution < 1.29 is 27.6 Å². The second kappa shape index (κ2) is 6.48. The number of carbonyl (C=O) groups excluding carboxylic acids is 1. The molecule has 138 valence electrons. The number of amides is 1. The predicted octanol–water partition coefficient (Wildman–Crippen LogP) is 2.33. The molecule has 2 rings (SSSR count). The number of benzene rings is 1. The second-order valence-electron chi connectivity index (χ2n) is 5.56. The first-order chi connectivity index (χ1) is 11.5. The van der Waals surface area contributed by atoms with Crippen molar-refractivity contribution in [3.63, 3.8) is 0 Å². The number of carbonyl (C=O) groups is 1. The van der Waals surface area contributed by atoms with Gasteiger partial charge in [0.2, 0.25) is 0 Å². The fourth-order valence-corrected chi connectivity index (χ4v) is 2.78. The summed E-state index contributed by atoms with van der Waals surface area (Å²) < 4.78 is 42.1. The summed E-state index contributed by atoms with van der Waals surface area (Å²) >= 11 is 0. The number of hydrogen-bond acceptors (Lipinski definition) is 5. The highest BCUT2D eigenvalue weighted by Gasteiger charge is 2.44. The van der Waals surface area contributed by atoms with E-state index in [-0.39, 0.29) is 30.1 Å². The summed E-state index contributed by atoms with van der Waals surface area (Å²) in [5.74, 6) is -2.24. The molecule has 1 aliphatic rings. The molecule has 1 heterocycles. The number of quaternary nitrogens is 1. The van der Waals surface area contributed by atoms with Gasteiger partial charge in [0.25, 0.3) is 0 Å². The fourth-order valence-electron chi connectivity index (χ4n) is 2.78. The lowest BCUT2D eigenvalue weighted by atomic mass is 10.1. The van der Waals surface area contributed by atoms with E-state index in [1.54, 1.807) is 0 Å². The van der Waals surface area contributed by atoms with Crippen LogP contribution >= 0.6 is 0 Å². The van der Waals surface area contributed by atoms with Crippen LogP contribution < -0.4 is 9.38 Å². The van der Waals surface area contributed by atoms with E-state index >= 15 is 0 Å². The van der Waals surface area contributed by atoms with Gasteiger partial charge in [0, 0.05) is 5.56 Å². The van der Waals surface area contributed by atoms with Crippen molar-refractivity contribution in [3.8, 4) is 5.75 Å². The monoisotopic (exact) mass is 363 g/mol. The molecule has 25 heavy (non-hydrogen) atoms. The standard InChI is InChI=1S/C14H16F3N3O5/c1-3-20(24)5-4-18(13(21)14(15,16)17)8-9-6-12(25-2)10(19(22)23)7-11(9)20/h6-7H,3-5,8H2,1-2H3. The summed E-state index contributed by atoms with van der Waals surface area (Å²) in [5, 5.41) is 24.1. The van der Waals surface area contributed by atoms with E-state index in [0.29, 0.717) is 4.90 Å². The van der Waals surface area contributed by atoms with Gasteiger partial charge in [-0.1, -0.05) is 0 Å². The Balaban J connectivity index is 2.60. The number of fused-ring (bicyclic) bond motifs is 1. The molecule has 1 aromatic rings. The van der Waals surface area contributed by atoms with Crippen molar-refractivity contribution in [2.24, 2.45) is 0 Å². The van der Waals surface area contributed by atoms with Gasteiger partial charge in [-0.3, -0.25) is 14.9 Å². The Morgan fingerprint density at radius 3 is 2.56 bits per heavy atom. The Kier molecular flexibility index (Phi) is 4.91. The fraction of sp³-hybridized carbons (Fsp3) is 0.500. The number of alkyl halides is 3. The molecule has 8 nitrogen and oxygen atoms in total. The van der Waals surface area contributed by atoms with Crippen LogP contribution in [0.25, 0.3) is 0 Å². The number of likely N-dealkylation sites (N-methyl/N-ethyl adjacent to an activating group) is 1. The van der Waals surface area contributed by atoms with Gasteiger partial charge in [0.1, 0.15) is 12.2 Å². The Morgan fingerprint density at radius 1 is 1.44 bits per heavy atom. The Morgan fingerprint density at radius 2 is 2.08 bits per heavy atom. The first-order valence-corrected chi connectivity index (χ1v) is 7.33. The normalized spacial score (nSPS) is 20.6. The molecular formula is C14H16F3N3O5. The Bertz CT molecular complexity index is 710. The zero-order chi connectivity index (χ0) is 19.0. The average Bonchev–Trinajstić information content (AvgIpc) is 2.69. The minimum Gasteiger partial charge on any atom is -0.627 e. The molecule has 0 radical (unpaired) electrons. The lowest BCUT2D eigenvalue weighted by Crippen LogP contribution is -2.48.